The van der Waals surface area contributed by atoms with E-state index in [4.69, 9.17) is 23.9 Å². The number of rotatable bonds is 22. The van der Waals surface area contributed by atoms with Gasteiger partial charge in [0, 0.05) is 60.1 Å². The normalized spacial score (nSPS) is 15.4. The van der Waals surface area contributed by atoms with E-state index in [2.05, 4.69) is 27.3 Å². The second-order valence-electron chi connectivity index (χ2n) is 20.6. The molecule has 4 amide bonds. The molecule has 7 rings (SSSR count). The molecule has 1 aliphatic carbocycles. The van der Waals surface area contributed by atoms with Crippen LogP contribution in [-0.2, 0) is 30.3 Å². The average molecular weight is 1070 g/mol. The van der Waals surface area contributed by atoms with Gasteiger partial charge in [0.15, 0.2) is 0 Å². The van der Waals surface area contributed by atoms with Crippen LogP contribution in [0.25, 0.3) is 11.1 Å². The van der Waals surface area contributed by atoms with Crippen LogP contribution in [-0.4, -0.2) is 120 Å². The van der Waals surface area contributed by atoms with E-state index in [0.717, 1.165) is 66.6 Å². The van der Waals surface area contributed by atoms with Gasteiger partial charge in [0.2, 0.25) is 17.6 Å². The van der Waals surface area contributed by atoms with Gasteiger partial charge >= 0.3 is 6.09 Å². The lowest BCUT2D eigenvalue weighted by Crippen LogP contribution is -2.56. The number of aromatic nitrogens is 2. The van der Waals surface area contributed by atoms with Gasteiger partial charge < -0.3 is 39.0 Å². The number of amides is 4. The Labute approximate surface area is 455 Å². The molecule has 2 fully saturated rings. The largest absolute Gasteiger partial charge is 0.491 e. The van der Waals surface area contributed by atoms with Gasteiger partial charge in [-0.3, -0.25) is 24.1 Å². The van der Waals surface area contributed by atoms with Crippen molar-refractivity contribution in [2.24, 2.45) is 5.92 Å². The Morgan fingerprint density at radius 3 is 2.23 bits per heavy atom. The van der Waals surface area contributed by atoms with E-state index < -0.39 is 29.7 Å². The van der Waals surface area contributed by atoms with Crippen LogP contribution in [0.3, 0.4) is 0 Å². The van der Waals surface area contributed by atoms with Crippen molar-refractivity contribution < 1.29 is 42.9 Å². The van der Waals surface area contributed by atoms with E-state index in [-0.39, 0.29) is 48.5 Å². The van der Waals surface area contributed by atoms with Crippen LogP contribution in [0.15, 0.2) is 78.2 Å². The number of carbonyl (C=O) groups is 5. The Balaban J connectivity index is 0.816. The topological polar surface area (TPSA) is 218 Å². The summed E-state index contributed by atoms with van der Waals surface area (Å²) < 4.78 is 24.8. The number of benzene rings is 3. The van der Waals surface area contributed by atoms with E-state index >= 15 is 0 Å². The number of nitrogens with zero attached hydrogens (tertiary/aromatic N) is 6. The van der Waals surface area contributed by atoms with Crippen LogP contribution in [0.4, 0.5) is 4.79 Å². The summed E-state index contributed by atoms with van der Waals surface area (Å²) in [5.41, 5.74) is 6.13. The lowest BCUT2D eigenvalue weighted by Gasteiger charge is -2.36. The number of hydrogen-bond donors (Lipinski definition) is 2. The molecule has 18 heteroatoms. The zero-order valence-corrected chi connectivity index (χ0v) is 46.0. The molecule has 406 valence electrons. The molecule has 1 aliphatic heterocycles. The summed E-state index contributed by atoms with van der Waals surface area (Å²) in [5, 5.41) is 27.5. The Hall–Kier alpha value is -7.38. The summed E-state index contributed by atoms with van der Waals surface area (Å²) in [6.45, 7) is 13.6. The van der Waals surface area contributed by atoms with E-state index in [9.17, 15) is 34.5 Å². The van der Waals surface area contributed by atoms with Crippen LogP contribution in [0, 0.1) is 42.4 Å². The maximum atomic E-state index is 14.5. The summed E-state index contributed by atoms with van der Waals surface area (Å²) in [6, 6.07) is 24.0. The SMILES string of the molecule is Cc1c(C#N)c(-c2ccc(C#N)cc2)c(C)n1Cc1ccc(C(=O)NCCOCCOCCOc2cccc(C(=O)c3csc([C@@H]4CCCN4C(=O)[C@@H](NC(=O)[C@H](C)N(C)C(=O)OC(C)(C)C)C4CCCCC4)n3)c2)cc1. The van der Waals surface area contributed by atoms with Crippen molar-refractivity contribution in [2.45, 2.75) is 117 Å². The Morgan fingerprint density at radius 2 is 1.55 bits per heavy atom. The average Bonchev–Trinajstić information content (AvgIpc) is 4.20. The molecule has 17 nitrogen and oxygen atoms in total. The highest BCUT2D eigenvalue weighted by molar-refractivity contribution is 7.10. The van der Waals surface area contributed by atoms with Crippen molar-refractivity contribution in [1.29, 1.82) is 10.5 Å². The number of ether oxygens (including phenoxy) is 4. The zero-order valence-electron chi connectivity index (χ0n) is 45.2. The lowest BCUT2D eigenvalue weighted by molar-refractivity contribution is -0.140. The summed E-state index contributed by atoms with van der Waals surface area (Å²) >= 11 is 1.34. The van der Waals surface area contributed by atoms with Gasteiger partial charge in [-0.05, 0) is 121 Å². The minimum atomic E-state index is -0.868. The second kappa shape index (κ2) is 26.6. The first kappa shape index (κ1) is 57.3. The first-order valence-corrected chi connectivity index (χ1v) is 27.3. The van der Waals surface area contributed by atoms with Crippen LogP contribution in [0.2, 0.25) is 0 Å². The fourth-order valence-electron chi connectivity index (χ4n) is 9.82. The lowest BCUT2D eigenvalue weighted by atomic mass is 9.83. The molecule has 5 aromatic rings. The predicted octanol–water partition coefficient (Wildman–Crippen LogP) is 9.08. The molecule has 0 spiro atoms. The van der Waals surface area contributed by atoms with Crippen molar-refractivity contribution in [3.63, 3.8) is 0 Å². The van der Waals surface area contributed by atoms with Crippen LogP contribution < -0.4 is 15.4 Å². The fraction of sp³-hybridized carbons (Fsp3) is 0.458. The summed E-state index contributed by atoms with van der Waals surface area (Å²) in [7, 11) is 1.52. The Bertz CT molecular complexity index is 2960. The van der Waals surface area contributed by atoms with Gasteiger partial charge in [-0.2, -0.15) is 10.5 Å². The summed E-state index contributed by atoms with van der Waals surface area (Å²) in [6.07, 6.45) is 5.45. The molecule has 77 heavy (non-hydrogen) atoms. The molecular formula is C59H70N8O9S. The minimum Gasteiger partial charge on any atom is -0.491 e. The molecule has 1 saturated carbocycles. The monoisotopic (exact) mass is 1070 g/mol. The van der Waals surface area contributed by atoms with Gasteiger partial charge in [0.05, 0.1) is 49.7 Å². The third-order valence-corrected chi connectivity index (χ3v) is 15.1. The number of likely N-dealkylation sites (N-methyl/N-ethyl adjacent to an activating group) is 1. The summed E-state index contributed by atoms with van der Waals surface area (Å²) in [5.74, 6) is -0.622. The van der Waals surface area contributed by atoms with Crippen LogP contribution in [0.1, 0.15) is 138 Å². The van der Waals surface area contributed by atoms with Crippen LogP contribution >= 0.6 is 11.3 Å². The molecule has 2 aromatic heterocycles. The Morgan fingerprint density at radius 1 is 0.844 bits per heavy atom. The molecule has 0 unspecified atom stereocenters. The number of nitrogens with one attached hydrogen (secondary N) is 2. The van der Waals surface area contributed by atoms with Crippen molar-refractivity contribution in [3.05, 3.63) is 128 Å². The Kier molecular flexibility index (Phi) is 19.8. The van der Waals surface area contributed by atoms with Gasteiger partial charge in [0.1, 0.15) is 46.8 Å². The highest BCUT2D eigenvalue weighted by Gasteiger charge is 2.41. The molecule has 3 atom stereocenters. The molecule has 2 aliphatic rings. The van der Waals surface area contributed by atoms with Crippen LogP contribution in [0.5, 0.6) is 5.75 Å². The van der Waals surface area contributed by atoms with Gasteiger partial charge in [-0.15, -0.1) is 11.3 Å². The molecule has 0 radical (unpaired) electrons. The van der Waals surface area contributed by atoms with Crippen molar-refractivity contribution >= 4 is 40.9 Å². The minimum absolute atomic E-state index is 0.0426. The predicted molar refractivity (Wildman–Crippen MR) is 291 cm³/mol. The molecule has 0 bridgehead atoms. The number of carbonyl (C=O) groups excluding carboxylic acids is 5. The quantitative estimate of drug-likeness (QED) is 0.0490. The van der Waals surface area contributed by atoms with Gasteiger partial charge in [-0.25, -0.2) is 9.78 Å². The van der Waals surface area contributed by atoms with Crippen molar-refractivity contribution in [2.75, 3.05) is 53.2 Å². The maximum absolute atomic E-state index is 14.5. The van der Waals surface area contributed by atoms with Gasteiger partial charge in [0.25, 0.3) is 5.91 Å². The molecule has 1 saturated heterocycles. The van der Waals surface area contributed by atoms with Crippen molar-refractivity contribution in [1.82, 2.24) is 30.0 Å². The number of thiazole rings is 1. The second-order valence-corrected chi connectivity index (χ2v) is 21.5. The standard InChI is InChI=1S/C59H70N8O9S/c1-38-48(35-61)51(43-22-18-41(34-60)19-23-43)39(2)67(38)36-42-20-24-45(25-21-42)55(70)62-26-28-73-29-30-74-31-32-75-47-16-11-15-46(33-47)53(68)49-37-77-56(63-49)50-17-12-27-66(50)57(71)52(44-13-9-8-10-14-44)64-54(69)40(3)65(7)58(72)76-59(4,5)6/h11,15-16,18-25,33,37,40,44,50,52H,8-10,12-14,17,26-32,36H2,1-7H3,(H,62,70)(H,64,69)/t40-,50-,52-/m0/s1. The highest BCUT2D eigenvalue weighted by Crippen LogP contribution is 2.37. The summed E-state index contributed by atoms with van der Waals surface area (Å²) in [4.78, 5) is 75.4. The number of nitriles is 2. The highest BCUT2D eigenvalue weighted by atomic mass is 32.1. The van der Waals surface area contributed by atoms with Gasteiger partial charge in [-0.1, -0.05) is 55.7 Å². The maximum Gasteiger partial charge on any atom is 0.410 e. The molecule has 3 heterocycles. The van der Waals surface area contributed by atoms with E-state index in [0.29, 0.717) is 78.9 Å². The van der Waals surface area contributed by atoms with E-state index in [1.54, 1.807) is 86.5 Å². The first-order chi connectivity index (χ1) is 37.0. The molecular weight excluding hydrogens is 997 g/mol. The van der Waals surface area contributed by atoms with E-state index in [1.807, 2.05) is 38.1 Å². The zero-order chi connectivity index (χ0) is 55.2. The third-order valence-electron chi connectivity index (χ3n) is 14.2. The number of hydrogen-bond acceptors (Lipinski definition) is 13. The molecule has 2 N–H and O–H groups in total. The number of ketones is 1. The van der Waals surface area contributed by atoms with E-state index in [1.165, 1.54) is 23.3 Å². The third kappa shape index (κ3) is 14.8. The smallest absolute Gasteiger partial charge is 0.410 e. The van der Waals surface area contributed by atoms with Crippen molar-refractivity contribution in [3.8, 4) is 29.0 Å². The molecule has 3 aromatic carbocycles. The fourth-order valence-corrected chi connectivity index (χ4v) is 10.8. The first-order valence-electron chi connectivity index (χ1n) is 26.4. The number of likely N-dealkylation sites (tertiary alicyclic amines) is 1.